The minimum absolute atomic E-state index is 0.0644. The van der Waals surface area contributed by atoms with E-state index in [1.165, 1.54) is 0 Å². The molecule has 0 saturated carbocycles. The third-order valence-corrected chi connectivity index (χ3v) is 3.10. The first-order chi connectivity index (χ1) is 8.05. The summed E-state index contributed by atoms with van der Waals surface area (Å²) in [7, 11) is 1.89. The molecule has 2 rings (SSSR count). The molecule has 96 valence electrons. The van der Waals surface area contributed by atoms with Gasteiger partial charge >= 0.3 is 0 Å². The van der Waals surface area contributed by atoms with Crippen LogP contribution in [0.25, 0.3) is 0 Å². The van der Waals surface area contributed by atoms with E-state index in [0.717, 1.165) is 38.2 Å². The predicted octanol–water partition coefficient (Wildman–Crippen LogP) is 0.905. The Bertz CT molecular complexity index is 361. The molecule has 0 aromatic carbocycles. The van der Waals surface area contributed by atoms with Crippen molar-refractivity contribution in [2.24, 2.45) is 7.05 Å². The number of nitrogens with zero attached hydrogens (tertiary/aromatic N) is 3. The molecule has 1 unspecified atom stereocenters. The van der Waals surface area contributed by atoms with Crippen molar-refractivity contribution in [3.8, 4) is 0 Å². The molecule has 0 radical (unpaired) electrons. The van der Waals surface area contributed by atoms with E-state index >= 15 is 0 Å². The summed E-state index contributed by atoms with van der Waals surface area (Å²) in [4.78, 5) is 4.19. The summed E-state index contributed by atoms with van der Waals surface area (Å²) >= 11 is 0. The van der Waals surface area contributed by atoms with Crippen LogP contribution in [-0.4, -0.2) is 39.6 Å². The second kappa shape index (κ2) is 5.14. The number of hydrogen-bond acceptors (Lipinski definition) is 4. The average Bonchev–Trinajstić information content (AvgIpc) is 2.80. The lowest BCUT2D eigenvalue weighted by Gasteiger charge is -2.19. The van der Waals surface area contributed by atoms with Crippen molar-refractivity contribution in [1.29, 1.82) is 0 Å². The molecule has 1 aliphatic heterocycles. The van der Waals surface area contributed by atoms with Crippen molar-refractivity contribution in [3.05, 3.63) is 12.2 Å². The first-order valence-corrected chi connectivity index (χ1v) is 6.28. The van der Waals surface area contributed by atoms with Crippen LogP contribution < -0.4 is 5.32 Å². The molecular formula is C12H22N4O. The summed E-state index contributed by atoms with van der Waals surface area (Å²) in [5.41, 5.74) is 0.0644. The minimum Gasteiger partial charge on any atom is -0.371 e. The largest absolute Gasteiger partial charge is 0.371 e. The molecule has 0 bridgehead atoms. The molecule has 0 amide bonds. The van der Waals surface area contributed by atoms with Crippen LogP contribution in [-0.2, 0) is 18.2 Å². The molecule has 0 aliphatic carbocycles. The number of nitrogens with one attached hydrogen (secondary N) is 1. The van der Waals surface area contributed by atoms with E-state index in [2.05, 4.69) is 29.2 Å². The summed E-state index contributed by atoms with van der Waals surface area (Å²) in [6, 6.07) is 0. The minimum atomic E-state index is 0.0644. The van der Waals surface area contributed by atoms with Gasteiger partial charge in [-0.15, -0.1) is 0 Å². The molecule has 1 saturated heterocycles. The third kappa shape index (κ3) is 3.78. The summed E-state index contributed by atoms with van der Waals surface area (Å²) in [5, 5.41) is 7.65. The van der Waals surface area contributed by atoms with Crippen LogP contribution in [0.1, 0.15) is 32.5 Å². The van der Waals surface area contributed by atoms with Gasteiger partial charge in [0.05, 0.1) is 11.7 Å². The SMILES string of the molecule is Cn1cnc(CCNCC2CCC(C)(C)O2)n1. The zero-order chi connectivity index (χ0) is 12.3. The zero-order valence-electron chi connectivity index (χ0n) is 10.9. The Morgan fingerprint density at radius 1 is 1.59 bits per heavy atom. The highest BCUT2D eigenvalue weighted by atomic mass is 16.5. The molecule has 1 atom stereocenters. The Kier molecular flexibility index (Phi) is 3.79. The van der Waals surface area contributed by atoms with E-state index in [0.29, 0.717) is 6.10 Å². The maximum atomic E-state index is 5.91. The second-order valence-electron chi connectivity index (χ2n) is 5.33. The van der Waals surface area contributed by atoms with Crippen molar-refractivity contribution in [1.82, 2.24) is 20.1 Å². The molecule has 2 heterocycles. The van der Waals surface area contributed by atoms with Crippen LogP contribution in [0.5, 0.6) is 0 Å². The van der Waals surface area contributed by atoms with E-state index in [1.807, 2.05) is 7.05 Å². The maximum Gasteiger partial charge on any atom is 0.151 e. The van der Waals surface area contributed by atoms with Crippen LogP contribution >= 0.6 is 0 Å². The van der Waals surface area contributed by atoms with Crippen molar-refractivity contribution in [2.45, 2.75) is 44.8 Å². The molecule has 1 aromatic rings. The lowest BCUT2D eigenvalue weighted by atomic mass is 10.1. The number of ether oxygens (including phenoxy) is 1. The predicted molar refractivity (Wildman–Crippen MR) is 65.8 cm³/mol. The molecule has 1 aliphatic rings. The van der Waals surface area contributed by atoms with Gasteiger partial charge in [0.2, 0.25) is 0 Å². The van der Waals surface area contributed by atoms with Crippen molar-refractivity contribution in [2.75, 3.05) is 13.1 Å². The van der Waals surface area contributed by atoms with Crippen molar-refractivity contribution >= 4 is 0 Å². The van der Waals surface area contributed by atoms with Gasteiger partial charge in [-0.05, 0) is 26.7 Å². The summed E-state index contributed by atoms with van der Waals surface area (Å²) in [5.74, 6) is 0.896. The summed E-state index contributed by atoms with van der Waals surface area (Å²) in [6.07, 6.45) is 5.28. The molecule has 1 N–H and O–H groups in total. The van der Waals surface area contributed by atoms with Crippen molar-refractivity contribution < 1.29 is 4.74 Å². The van der Waals surface area contributed by atoms with Gasteiger partial charge in [-0.1, -0.05) is 0 Å². The van der Waals surface area contributed by atoms with E-state index in [4.69, 9.17) is 4.74 Å². The number of aryl methyl sites for hydroxylation is 1. The van der Waals surface area contributed by atoms with Crippen LogP contribution in [0.2, 0.25) is 0 Å². The Morgan fingerprint density at radius 3 is 3.00 bits per heavy atom. The summed E-state index contributed by atoms with van der Waals surface area (Å²) in [6.45, 7) is 6.15. The van der Waals surface area contributed by atoms with Crippen LogP contribution in [0, 0.1) is 0 Å². The fraction of sp³-hybridized carbons (Fsp3) is 0.833. The normalized spacial score (nSPS) is 23.1. The lowest BCUT2D eigenvalue weighted by Crippen LogP contribution is -2.30. The first-order valence-electron chi connectivity index (χ1n) is 6.28. The Morgan fingerprint density at radius 2 is 2.41 bits per heavy atom. The Labute approximate surface area is 103 Å². The second-order valence-corrected chi connectivity index (χ2v) is 5.33. The van der Waals surface area contributed by atoms with Crippen molar-refractivity contribution in [3.63, 3.8) is 0 Å². The maximum absolute atomic E-state index is 5.91. The highest BCUT2D eigenvalue weighted by molar-refractivity contribution is 4.84. The van der Waals surface area contributed by atoms with Gasteiger partial charge in [0.1, 0.15) is 6.33 Å². The van der Waals surface area contributed by atoms with Gasteiger partial charge in [0.15, 0.2) is 5.82 Å². The van der Waals surface area contributed by atoms with Crippen LogP contribution in [0.15, 0.2) is 6.33 Å². The number of hydrogen-bond donors (Lipinski definition) is 1. The molecule has 17 heavy (non-hydrogen) atoms. The van der Waals surface area contributed by atoms with Gasteiger partial charge in [-0.25, -0.2) is 4.98 Å². The van der Waals surface area contributed by atoms with E-state index in [9.17, 15) is 0 Å². The van der Waals surface area contributed by atoms with Gasteiger partial charge in [0, 0.05) is 26.6 Å². The Balaban J connectivity index is 1.61. The monoisotopic (exact) mass is 238 g/mol. The standard InChI is InChI=1S/C12H22N4O/c1-12(2)6-4-10(17-12)8-13-7-5-11-14-9-16(3)15-11/h9-10,13H,4-8H2,1-3H3. The third-order valence-electron chi connectivity index (χ3n) is 3.10. The molecular weight excluding hydrogens is 216 g/mol. The first kappa shape index (κ1) is 12.5. The number of rotatable bonds is 5. The fourth-order valence-corrected chi connectivity index (χ4v) is 2.18. The molecule has 5 nitrogen and oxygen atoms in total. The summed E-state index contributed by atoms with van der Waals surface area (Å²) < 4.78 is 7.64. The van der Waals surface area contributed by atoms with Gasteiger partial charge in [-0.3, -0.25) is 4.68 Å². The molecule has 1 aromatic heterocycles. The van der Waals surface area contributed by atoms with E-state index in [-0.39, 0.29) is 5.60 Å². The average molecular weight is 238 g/mol. The van der Waals surface area contributed by atoms with Crippen LogP contribution in [0.4, 0.5) is 0 Å². The van der Waals surface area contributed by atoms with Crippen LogP contribution in [0.3, 0.4) is 0 Å². The smallest absolute Gasteiger partial charge is 0.151 e. The molecule has 0 spiro atoms. The lowest BCUT2D eigenvalue weighted by molar-refractivity contribution is -0.0140. The van der Waals surface area contributed by atoms with Gasteiger partial charge in [0.25, 0.3) is 0 Å². The van der Waals surface area contributed by atoms with Gasteiger partial charge < -0.3 is 10.1 Å². The topological polar surface area (TPSA) is 52.0 Å². The fourth-order valence-electron chi connectivity index (χ4n) is 2.18. The van der Waals surface area contributed by atoms with Gasteiger partial charge in [-0.2, -0.15) is 5.10 Å². The molecule has 1 fully saturated rings. The zero-order valence-corrected chi connectivity index (χ0v) is 10.9. The highest BCUT2D eigenvalue weighted by Crippen LogP contribution is 2.28. The Hall–Kier alpha value is -0.940. The number of aromatic nitrogens is 3. The molecule has 5 heteroatoms. The highest BCUT2D eigenvalue weighted by Gasteiger charge is 2.30. The van der Waals surface area contributed by atoms with E-state index in [1.54, 1.807) is 11.0 Å². The van der Waals surface area contributed by atoms with E-state index < -0.39 is 0 Å². The quantitative estimate of drug-likeness (QED) is 0.775.